The molecule has 0 bridgehead atoms. The highest BCUT2D eigenvalue weighted by Gasteiger charge is 2.00. The highest BCUT2D eigenvalue weighted by Crippen LogP contribution is 2.25. The van der Waals surface area contributed by atoms with Crippen LogP contribution in [0.2, 0.25) is 0 Å². The minimum atomic E-state index is -0.938. The molecular formula is C8H7FO2. The average Bonchev–Trinajstić information content (AvgIpc) is 1.93. The second-order valence-corrected chi connectivity index (χ2v) is 1.92. The van der Waals surface area contributed by atoms with Crippen molar-refractivity contribution < 1.29 is 14.2 Å². The summed E-state index contributed by atoms with van der Waals surface area (Å²) in [5, 5.41) is 9.03. The highest BCUT2D eigenvalue weighted by atomic mass is 19.1. The van der Waals surface area contributed by atoms with Crippen molar-refractivity contribution in [1.29, 1.82) is 0 Å². The van der Waals surface area contributed by atoms with Crippen molar-refractivity contribution in [2.45, 2.75) is 0 Å². The van der Waals surface area contributed by atoms with Gasteiger partial charge in [-0.1, -0.05) is 12.1 Å². The molecule has 1 rings (SSSR count). The van der Waals surface area contributed by atoms with E-state index in [4.69, 9.17) is 5.11 Å². The fourth-order valence-corrected chi connectivity index (χ4v) is 0.663. The fraction of sp³-hybridized carbons (Fsp3) is 0. The molecule has 0 aromatic heterocycles. The number of aromatic hydroxyl groups is 1. The van der Waals surface area contributed by atoms with Gasteiger partial charge in [-0.15, -0.1) is 0 Å². The quantitative estimate of drug-likeness (QED) is 0.662. The first-order valence-corrected chi connectivity index (χ1v) is 3.00. The number of ether oxygens (including phenoxy) is 1. The molecule has 3 heteroatoms. The van der Waals surface area contributed by atoms with E-state index in [0.29, 0.717) is 0 Å². The third kappa shape index (κ3) is 1.97. The number of phenols is 1. The van der Waals surface area contributed by atoms with Crippen LogP contribution in [0.25, 0.3) is 0 Å². The standard InChI is InChI=1S/C8H7FO2/c1-6(9)11-8-5-3-2-4-7(8)10/h2-5,10H,1H2. The summed E-state index contributed by atoms with van der Waals surface area (Å²) in [7, 11) is 0. The number of halogens is 1. The Morgan fingerprint density at radius 3 is 2.64 bits per heavy atom. The van der Waals surface area contributed by atoms with Gasteiger partial charge in [0.15, 0.2) is 11.5 Å². The minimum Gasteiger partial charge on any atom is -0.504 e. The molecule has 0 spiro atoms. The smallest absolute Gasteiger partial charge is 0.270 e. The van der Waals surface area contributed by atoms with Crippen molar-refractivity contribution >= 4 is 0 Å². The Balaban J connectivity index is 2.86. The van der Waals surface area contributed by atoms with Gasteiger partial charge >= 0.3 is 0 Å². The van der Waals surface area contributed by atoms with Crippen LogP contribution in [-0.4, -0.2) is 5.11 Å². The van der Waals surface area contributed by atoms with Gasteiger partial charge in [0, 0.05) is 0 Å². The number of benzene rings is 1. The lowest BCUT2D eigenvalue weighted by atomic mass is 10.3. The Morgan fingerprint density at radius 2 is 2.09 bits per heavy atom. The van der Waals surface area contributed by atoms with E-state index in [1.165, 1.54) is 12.1 Å². The summed E-state index contributed by atoms with van der Waals surface area (Å²) in [6, 6.07) is 5.14. The normalized spacial score (nSPS) is 9.18. The maximum Gasteiger partial charge on any atom is 0.270 e. The monoisotopic (exact) mass is 154 g/mol. The molecule has 0 saturated carbocycles. The van der Waals surface area contributed by atoms with Gasteiger partial charge in [-0.3, -0.25) is 0 Å². The van der Waals surface area contributed by atoms with E-state index in [0.717, 1.165) is 0 Å². The molecule has 0 atom stereocenters. The van der Waals surface area contributed by atoms with E-state index in [9.17, 15) is 4.39 Å². The van der Waals surface area contributed by atoms with Crippen molar-refractivity contribution in [2.75, 3.05) is 0 Å². The Bertz CT molecular complexity index is 271. The molecule has 1 aromatic carbocycles. The molecule has 11 heavy (non-hydrogen) atoms. The molecule has 0 radical (unpaired) electrons. The molecule has 1 aromatic rings. The van der Waals surface area contributed by atoms with E-state index in [1.807, 2.05) is 0 Å². The van der Waals surface area contributed by atoms with Gasteiger partial charge in [-0.25, -0.2) is 0 Å². The molecule has 0 aliphatic rings. The lowest BCUT2D eigenvalue weighted by Crippen LogP contribution is -1.86. The molecule has 0 saturated heterocycles. The van der Waals surface area contributed by atoms with Gasteiger partial charge < -0.3 is 9.84 Å². The third-order valence-electron chi connectivity index (χ3n) is 1.09. The van der Waals surface area contributed by atoms with Crippen LogP contribution in [0, 0.1) is 0 Å². The summed E-state index contributed by atoms with van der Waals surface area (Å²) in [5.41, 5.74) is 0. The summed E-state index contributed by atoms with van der Waals surface area (Å²) in [6.45, 7) is 2.89. The molecule has 0 aliphatic carbocycles. The van der Waals surface area contributed by atoms with Crippen molar-refractivity contribution in [3.8, 4) is 11.5 Å². The Morgan fingerprint density at radius 1 is 1.45 bits per heavy atom. The predicted octanol–water partition coefficient (Wildman–Crippen LogP) is 2.21. The fourth-order valence-electron chi connectivity index (χ4n) is 0.663. The Labute approximate surface area is 63.5 Å². The average molecular weight is 154 g/mol. The van der Waals surface area contributed by atoms with Crippen molar-refractivity contribution in [1.82, 2.24) is 0 Å². The first-order chi connectivity index (χ1) is 5.20. The maximum absolute atomic E-state index is 12.0. The van der Waals surface area contributed by atoms with Gasteiger partial charge in [-0.2, -0.15) is 4.39 Å². The Hall–Kier alpha value is -1.51. The van der Waals surface area contributed by atoms with E-state index < -0.39 is 6.01 Å². The van der Waals surface area contributed by atoms with E-state index in [2.05, 4.69) is 11.3 Å². The SMILES string of the molecule is C=C(F)Oc1ccccc1O. The van der Waals surface area contributed by atoms with Gasteiger partial charge in [0.25, 0.3) is 6.01 Å². The van der Waals surface area contributed by atoms with Crippen LogP contribution in [0.1, 0.15) is 0 Å². The molecule has 0 amide bonds. The summed E-state index contributed by atoms with van der Waals surface area (Å²) in [6.07, 6.45) is 0. The first kappa shape index (κ1) is 7.60. The summed E-state index contributed by atoms with van der Waals surface area (Å²) in [5.74, 6) is -0.0358. The van der Waals surface area contributed by atoms with Crippen LogP contribution in [-0.2, 0) is 0 Å². The van der Waals surface area contributed by atoms with Gasteiger partial charge in [0.1, 0.15) is 0 Å². The zero-order valence-corrected chi connectivity index (χ0v) is 5.75. The number of hydrogen-bond acceptors (Lipinski definition) is 2. The molecule has 58 valence electrons. The lowest BCUT2D eigenvalue weighted by molar-refractivity contribution is 0.291. The van der Waals surface area contributed by atoms with Crippen LogP contribution < -0.4 is 4.74 Å². The predicted molar refractivity (Wildman–Crippen MR) is 39.0 cm³/mol. The second-order valence-electron chi connectivity index (χ2n) is 1.92. The van der Waals surface area contributed by atoms with E-state index in [1.54, 1.807) is 12.1 Å². The molecular weight excluding hydrogens is 147 g/mol. The van der Waals surface area contributed by atoms with Crippen LogP contribution in [0.3, 0.4) is 0 Å². The van der Waals surface area contributed by atoms with Crippen LogP contribution >= 0.6 is 0 Å². The van der Waals surface area contributed by atoms with Crippen LogP contribution in [0.4, 0.5) is 4.39 Å². The number of phenolic OH excluding ortho intramolecular Hbond substituents is 1. The van der Waals surface area contributed by atoms with Crippen LogP contribution in [0.15, 0.2) is 36.9 Å². The van der Waals surface area contributed by atoms with E-state index in [-0.39, 0.29) is 11.5 Å². The first-order valence-electron chi connectivity index (χ1n) is 3.00. The molecule has 0 heterocycles. The minimum absolute atomic E-state index is 0.0694. The van der Waals surface area contributed by atoms with Crippen molar-refractivity contribution in [3.63, 3.8) is 0 Å². The van der Waals surface area contributed by atoms with E-state index >= 15 is 0 Å². The summed E-state index contributed by atoms with van der Waals surface area (Å²) < 4.78 is 16.5. The second kappa shape index (κ2) is 3.05. The lowest BCUT2D eigenvalue weighted by Gasteiger charge is -2.02. The molecule has 0 aliphatic heterocycles. The topological polar surface area (TPSA) is 29.5 Å². The molecule has 0 unspecified atom stereocenters. The summed E-state index contributed by atoms with van der Waals surface area (Å²) in [4.78, 5) is 0. The zero-order valence-electron chi connectivity index (χ0n) is 5.75. The molecule has 1 N–H and O–H groups in total. The maximum atomic E-state index is 12.0. The van der Waals surface area contributed by atoms with Crippen LogP contribution in [0.5, 0.6) is 11.5 Å². The number of hydrogen-bond donors (Lipinski definition) is 1. The Kier molecular flexibility index (Phi) is 2.11. The number of para-hydroxylation sites is 2. The largest absolute Gasteiger partial charge is 0.504 e. The zero-order chi connectivity index (χ0) is 8.27. The van der Waals surface area contributed by atoms with Gasteiger partial charge in [0.2, 0.25) is 0 Å². The van der Waals surface area contributed by atoms with Crippen molar-refractivity contribution in [3.05, 3.63) is 36.9 Å². The molecule has 2 nitrogen and oxygen atoms in total. The molecule has 0 fully saturated rings. The van der Waals surface area contributed by atoms with Gasteiger partial charge in [0.05, 0.1) is 0 Å². The number of rotatable bonds is 2. The third-order valence-corrected chi connectivity index (χ3v) is 1.09. The van der Waals surface area contributed by atoms with Gasteiger partial charge in [-0.05, 0) is 18.7 Å². The van der Waals surface area contributed by atoms with Crippen molar-refractivity contribution in [2.24, 2.45) is 0 Å². The summed E-state index contributed by atoms with van der Waals surface area (Å²) >= 11 is 0. The highest BCUT2D eigenvalue weighted by molar-refractivity contribution is 5.38.